The summed E-state index contributed by atoms with van der Waals surface area (Å²) in [6, 6.07) is 1.97. The lowest BCUT2D eigenvalue weighted by atomic mass is 10.2. The highest BCUT2D eigenvalue weighted by molar-refractivity contribution is 7.12. The number of carbonyl (C=O) groups excluding carboxylic acids is 1. The van der Waals surface area contributed by atoms with Crippen molar-refractivity contribution >= 4 is 17.2 Å². The molecular weight excluding hydrogens is 218 g/mol. The Labute approximate surface area is 102 Å². The quantitative estimate of drug-likeness (QED) is 0.754. The number of hydrogen-bond donors (Lipinski definition) is 1. The van der Waals surface area contributed by atoms with Crippen LogP contribution in [-0.4, -0.2) is 12.5 Å². The Hall–Kier alpha value is -0.830. The zero-order chi connectivity index (χ0) is 12.0. The summed E-state index contributed by atoms with van der Waals surface area (Å²) in [5.74, 6) is 0.0818. The van der Waals surface area contributed by atoms with Crippen LogP contribution in [0.15, 0.2) is 6.07 Å². The van der Waals surface area contributed by atoms with E-state index in [4.69, 9.17) is 0 Å². The van der Waals surface area contributed by atoms with Gasteiger partial charge in [-0.05, 0) is 26.3 Å². The van der Waals surface area contributed by atoms with Crippen molar-refractivity contribution in [3.63, 3.8) is 0 Å². The predicted molar refractivity (Wildman–Crippen MR) is 70.3 cm³/mol. The first-order valence-corrected chi connectivity index (χ1v) is 6.82. The lowest BCUT2D eigenvalue weighted by molar-refractivity contribution is 0.0953. The van der Waals surface area contributed by atoms with Crippen molar-refractivity contribution in [3.8, 4) is 0 Å². The topological polar surface area (TPSA) is 29.1 Å². The van der Waals surface area contributed by atoms with Crippen LogP contribution in [0.1, 0.15) is 52.7 Å². The third-order valence-corrected chi connectivity index (χ3v) is 3.57. The van der Waals surface area contributed by atoms with E-state index in [-0.39, 0.29) is 5.91 Å². The fraction of sp³-hybridized carbons (Fsp3) is 0.615. The van der Waals surface area contributed by atoms with Crippen LogP contribution >= 0.6 is 11.3 Å². The first-order chi connectivity index (χ1) is 7.65. The minimum Gasteiger partial charge on any atom is -0.352 e. The Morgan fingerprint density at radius 3 is 2.62 bits per heavy atom. The van der Waals surface area contributed by atoms with E-state index in [1.807, 2.05) is 19.9 Å². The fourth-order valence-electron chi connectivity index (χ4n) is 1.71. The van der Waals surface area contributed by atoms with E-state index in [1.54, 1.807) is 11.3 Å². The van der Waals surface area contributed by atoms with Crippen LogP contribution in [0.5, 0.6) is 0 Å². The third-order valence-electron chi connectivity index (χ3n) is 2.60. The second-order valence-electron chi connectivity index (χ2n) is 4.14. The van der Waals surface area contributed by atoms with Crippen LogP contribution in [0.4, 0.5) is 0 Å². The Balaban J connectivity index is 2.33. The molecule has 0 atom stereocenters. The number of rotatable bonds is 6. The average molecular weight is 239 g/mol. The highest BCUT2D eigenvalue weighted by atomic mass is 32.1. The van der Waals surface area contributed by atoms with Crippen molar-refractivity contribution in [2.24, 2.45) is 0 Å². The van der Waals surface area contributed by atoms with Crippen LogP contribution in [0.25, 0.3) is 0 Å². The standard InChI is InChI=1S/C13H21NOS/c1-4-5-6-7-8-14-13(15)12-9-10(2)16-11(12)3/h9H,4-8H2,1-3H3,(H,14,15). The van der Waals surface area contributed by atoms with Gasteiger partial charge in [0.15, 0.2) is 0 Å². The molecule has 3 heteroatoms. The van der Waals surface area contributed by atoms with Crippen molar-refractivity contribution in [3.05, 3.63) is 21.4 Å². The van der Waals surface area contributed by atoms with Gasteiger partial charge in [0.1, 0.15) is 0 Å². The molecule has 0 aliphatic rings. The summed E-state index contributed by atoms with van der Waals surface area (Å²) in [5.41, 5.74) is 0.845. The molecule has 0 bridgehead atoms. The average Bonchev–Trinajstić information content (AvgIpc) is 2.57. The largest absolute Gasteiger partial charge is 0.352 e. The van der Waals surface area contributed by atoms with Gasteiger partial charge >= 0.3 is 0 Å². The molecule has 0 saturated heterocycles. The van der Waals surface area contributed by atoms with Crippen LogP contribution in [0.3, 0.4) is 0 Å². The Morgan fingerprint density at radius 1 is 1.31 bits per heavy atom. The maximum Gasteiger partial charge on any atom is 0.252 e. The maximum atomic E-state index is 11.8. The Morgan fingerprint density at radius 2 is 2.06 bits per heavy atom. The van der Waals surface area contributed by atoms with Gasteiger partial charge in [-0.25, -0.2) is 0 Å². The molecule has 1 aromatic rings. The van der Waals surface area contributed by atoms with Gasteiger partial charge in [-0.2, -0.15) is 0 Å². The monoisotopic (exact) mass is 239 g/mol. The molecule has 0 radical (unpaired) electrons. The molecule has 1 amide bonds. The molecule has 1 rings (SSSR count). The maximum absolute atomic E-state index is 11.8. The highest BCUT2D eigenvalue weighted by Crippen LogP contribution is 2.20. The zero-order valence-electron chi connectivity index (χ0n) is 10.4. The predicted octanol–water partition coefficient (Wildman–Crippen LogP) is 3.68. The van der Waals surface area contributed by atoms with Crippen molar-refractivity contribution in [2.45, 2.75) is 46.5 Å². The lowest BCUT2D eigenvalue weighted by Crippen LogP contribution is -2.24. The first-order valence-electron chi connectivity index (χ1n) is 6.00. The summed E-state index contributed by atoms with van der Waals surface area (Å²) in [4.78, 5) is 14.1. The number of thiophene rings is 1. The van der Waals surface area contributed by atoms with Crippen molar-refractivity contribution < 1.29 is 4.79 Å². The molecule has 90 valence electrons. The molecule has 0 aliphatic heterocycles. The minimum atomic E-state index is 0.0818. The van der Waals surface area contributed by atoms with Gasteiger partial charge in [0, 0.05) is 16.3 Å². The minimum absolute atomic E-state index is 0.0818. The van der Waals surface area contributed by atoms with Gasteiger partial charge in [-0.1, -0.05) is 26.2 Å². The van der Waals surface area contributed by atoms with Crippen molar-refractivity contribution in [2.75, 3.05) is 6.54 Å². The summed E-state index contributed by atoms with van der Waals surface area (Å²) in [5, 5.41) is 2.98. The molecule has 0 saturated carbocycles. The second-order valence-corrected chi connectivity index (χ2v) is 5.60. The molecule has 0 spiro atoms. The molecule has 0 aliphatic carbocycles. The van der Waals surface area contributed by atoms with Gasteiger partial charge in [0.25, 0.3) is 5.91 Å². The normalized spacial score (nSPS) is 10.4. The summed E-state index contributed by atoms with van der Waals surface area (Å²) < 4.78 is 0. The van der Waals surface area contributed by atoms with E-state index in [2.05, 4.69) is 12.2 Å². The SMILES string of the molecule is CCCCCCNC(=O)c1cc(C)sc1C. The molecule has 16 heavy (non-hydrogen) atoms. The van der Waals surface area contributed by atoms with Gasteiger partial charge in [-0.3, -0.25) is 4.79 Å². The highest BCUT2D eigenvalue weighted by Gasteiger charge is 2.10. The van der Waals surface area contributed by atoms with E-state index in [0.717, 1.165) is 23.4 Å². The number of aryl methyl sites for hydroxylation is 2. The van der Waals surface area contributed by atoms with Crippen LogP contribution in [0, 0.1) is 13.8 Å². The Bertz CT molecular complexity index is 344. The number of nitrogens with one attached hydrogen (secondary N) is 1. The van der Waals surface area contributed by atoms with Gasteiger partial charge in [0.05, 0.1) is 5.56 Å². The Kier molecular flexibility index (Phi) is 5.53. The zero-order valence-corrected chi connectivity index (χ0v) is 11.2. The number of unbranched alkanes of at least 4 members (excludes halogenated alkanes) is 3. The summed E-state index contributed by atoms with van der Waals surface area (Å²) in [6.45, 7) is 7.03. The van der Waals surface area contributed by atoms with Crippen LogP contribution in [-0.2, 0) is 0 Å². The molecule has 0 fully saturated rings. The van der Waals surface area contributed by atoms with E-state index in [9.17, 15) is 4.79 Å². The number of carbonyl (C=O) groups is 1. The van der Waals surface area contributed by atoms with Crippen LogP contribution < -0.4 is 5.32 Å². The van der Waals surface area contributed by atoms with Crippen molar-refractivity contribution in [1.29, 1.82) is 0 Å². The van der Waals surface area contributed by atoms with Gasteiger partial charge < -0.3 is 5.32 Å². The summed E-state index contributed by atoms with van der Waals surface area (Å²) in [6.07, 6.45) is 4.78. The molecule has 1 N–H and O–H groups in total. The molecular formula is C13H21NOS. The smallest absolute Gasteiger partial charge is 0.252 e. The second kappa shape index (κ2) is 6.69. The van der Waals surface area contributed by atoms with Gasteiger partial charge in [-0.15, -0.1) is 11.3 Å². The summed E-state index contributed by atoms with van der Waals surface area (Å²) in [7, 11) is 0. The van der Waals surface area contributed by atoms with Crippen molar-refractivity contribution in [1.82, 2.24) is 5.32 Å². The third kappa shape index (κ3) is 3.97. The number of amides is 1. The van der Waals surface area contributed by atoms with Gasteiger partial charge in [0.2, 0.25) is 0 Å². The molecule has 0 unspecified atom stereocenters. The molecule has 0 aromatic carbocycles. The number of hydrogen-bond acceptors (Lipinski definition) is 2. The van der Waals surface area contributed by atoms with E-state index in [1.165, 1.54) is 24.1 Å². The summed E-state index contributed by atoms with van der Waals surface area (Å²) >= 11 is 1.68. The molecule has 1 heterocycles. The van der Waals surface area contributed by atoms with E-state index in [0.29, 0.717) is 0 Å². The lowest BCUT2D eigenvalue weighted by Gasteiger charge is -2.04. The van der Waals surface area contributed by atoms with E-state index >= 15 is 0 Å². The van der Waals surface area contributed by atoms with E-state index < -0.39 is 0 Å². The van der Waals surface area contributed by atoms with Crippen LogP contribution in [0.2, 0.25) is 0 Å². The molecule has 2 nitrogen and oxygen atoms in total. The molecule has 1 aromatic heterocycles. The first kappa shape index (κ1) is 13.2. The fourth-order valence-corrected chi connectivity index (χ4v) is 2.63.